The number of nitrogens with one attached hydrogen (secondary N) is 1. The number of oxime groups is 1. The molecular weight excluding hydrogens is 230 g/mol. The zero-order valence-electron chi connectivity index (χ0n) is 10.8. The van der Waals surface area contributed by atoms with Crippen LogP contribution in [0.3, 0.4) is 0 Å². The molecule has 0 amide bonds. The fraction of sp³-hybridized carbons (Fsp3) is 0.462. The first-order valence-corrected chi connectivity index (χ1v) is 5.95. The van der Waals surface area contributed by atoms with Crippen molar-refractivity contribution in [3.8, 4) is 0 Å². The van der Waals surface area contributed by atoms with Crippen LogP contribution in [-0.2, 0) is 4.74 Å². The summed E-state index contributed by atoms with van der Waals surface area (Å²) >= 11 is 0. The van der Waals surface area contributed by atoms with E-state index >= 15 is 0 Å². The molecule has 0 aliphatic rings. The fourth-order valence-electron chi connectivity index (χ4n) is 1.63. The molecule has 1 rings (SSSR count). The molecular formula is C13H21N3O2. The van der Waals surface area contributed by atoms with Gasteiger partial charge in [-0.2, -0.15) is 0 Å². The van der Waals surface area contributed by atoms with Gasteiger partial charge in [0.2, 0.25) is 0 Å². The van der Waals surface area contributed by atoms with Crippen molar-refractivity contribution in [2.45, 2.75) is 25.5 Å². The molecule has 4 N–H and O–H groups in total. The molecule has 5 heteroatoms. The summed E-state index contributed by atoms with van der Waals surface area (Å²) in [7, 11) is 1.67. The number of methoxy groups -OCH3 is 1. The molecule has 0 spiro atoms. The highest BCUT2D eigenvalue weighted by Gasteiger charge is 2.14. The van der Waals surface area contributed by atoms with Crippen LogP contribution in [0, 0.1) is 0 Å². The van der Waals surface area contributed by atoms with E-state index in [0.717, 1.165) is 5.56 Å². The fourth-order valence-corrected chi connectivity index (χ4v) is 1.63. The average molecular weight is 251 g/mol. The Kier molecular flexibility index (Phi) is 6.18. The van der Waals surface area contributed by atoms with Gasteiger partial charge in [-0.05, 0) is 12.5 Å². The number of benzene rings is 1. The Bertz CT molecular complexity index is 368. The minimum absolute atomic E-state index is 0.0136. The quantitative estimate of drug-likeness (QED) is 0.297. The van der Waals surface area contributed by atoms with Crippen LogP contribution >= 0.6 is 0 Å². The van der Waals surface area contributed by atoms with Crippen LogP contribution in [0.1, 0.15) is 24.9 Å². The number of hydrogen-bond acceptors (Lipinski definition) is 4. The van der Waals surface area contributed by atoms with Crippen molar-refractivity contribution >= 4 is 5.84 Å². The summed E-state index contributed by atoms with van der Waals surface area (Å²) in [5.41, 5.74) is 6.68. The number of nitrogens with two attached hydrogens (primary N) is 1. The van der Waals surface area contributed by atoms with Gasteiger partial charge in [-0.3, -0.25) is 0 Å². The second kappa shape index (κ2) is 7.68. The third kappa shape index (κ3) is 4.73. The topological polar surface area (TPSA) is 79.9 Å². The van der Waals surface area contributed by atoms with Crippen LogP contribution in [0.5, 0.6) is 0 Å². The van der Waals surface area contributed by atoms with Gasteiger partial charge in [0.1, 0.15) is 5.84 Å². The summed E-state index contributed by atoms with van der Waals surface area (Å²) in [6, 6.07) is 9.94. The monoisotopic (exact) mass is 251 g/mol. The molecule has 2 atom stereocenters. The van der Waals surface area contributed by atoms with Crippen molar-refractivity contribution < 1.29 is 9.94 Å². The van der Waals surface area contributed by atoms with Crippen LogP contribution in [-0.4, -0.2) is 30.8 Å². The zero-order chi connectivity index (χ0) is 13.4. The first-order chi connectivity index (χ1) is 8.67. The molecule has 0 aromatic heterocycles. The van der Waals surface area contributed by atoms with Crippen LogP contribution in [0.15, 0.2) is 35.5 Å². The number of ether oxygens (including phenoxy) is 1. The van der Waals surface area contributed by atoms with Gasteiger partial charge in [-0.1, -0.05) is 35.5 Å². The summed E-state index contributed by atoms with van der Waals surface area (Å²) in [4.78, 5) is 0. The van der Waals surface area contributed by atoms with E-state index in [4.69, 9.17) is 15.7 Å². The Hall–Kier alpha value is -1.59. The van der Waals surface area contributed by atoms with E-state index in [1.807, 2.05) is 37.3 Å². The van der Waals surface area contributed by atoms with Gasteiger partial charge in [0.25, 0.3) is 0 Å². The van der Waals surface area contributed by atoms with E-state index in [2.05, 4.69) is 10.5 Å². The Balaban J connectivity index is 2.69. The van der Waals surface area contributed by atoms with Gasteiger partial charge < -0.3 is 21.0 Å². The van der Waals surface area contributed by atoms with Gasteiger partial charge >= 0.3 is 0 Å². The summed E-state index contributed by atoms with van der Waals surface area (Å²) in [5, 5.41) is 15.0. The van der Waals surface area contributed by atoms with Crippen molar-refractivity contribution in [1.29, 1.82) is 0 Å². The highest BCUT2D eigenvalue weighted by Crippen LogP contribution is 2.16. The van der Waals surface area contributed by atoms with E-state index < -0.39 is 0 Å². The molecule has 2 unspecified atom stereocenters. The lowest BCUT2D eigenvalue weighted by atomic mass is 10.0. The van der Waals surface area contributed by atoms with Crippen molar-refractivity contribution in [2.24, 2.45) is 10.9 Å². The Morgan fingerprint density at radius 3 is 2.67 bits per heavy atom. The lowest BCUT2D eigenvalue weighted by Gasteiger charge is -2.20. The zero-order valence-corrected chi connectivity index (χ0v) is 10.8. The summed E-state index contributed by atoms with van der Waals surface area (Å²) in [6.45, 7) is 2.69. The van der Waals surface area contributed by atoms with Gasteiger partial charge in [0, 0.05) is 26.1 Å². The van der Waals surface area contributed by atoms with Gasteiger partial charge in [0.05, 0.1) is 6.10 Å². The molecule has 0 saturated carbocycles. The molecule has 100 valence electrons. The second-order valence-electron chi connectivity index (χ2n) is 4.21. The molecule has 0 fully saturated rings. The average Bonchev–Trinajstić information content (AvgIpc) is 2.43. The molecule has 5 nitrogen and oxygen atoms in total. The largest absolute Gasteiger partial charge is 0.409 e. The Labute approximate surface area is 108 Å². The van der Waals surface area contributed by atoms with Gasteiger partial charge in [-0.15, -0.1) is 0 Å². The highest BCUT2D eigenvalue weighted by molar-refractivity contribution is 5.80. The molecule has 0 heterocycles. The number of amidine groups is 1. The van der Waals surface area contributed by atoms with E-state index in [-0.39, 0.29) is 18.0 Å². The standard InChI is InChI=1S/C13H21N3O2/c1-10(18-2)9-15-12(8-13(14)16-17)11-6-4-3-5-7-11/h3-7,10,12,15,17H,8-9H2,1-2H3,(H2,14,16). The normalized spacial score (nSPS) is 15.3. The van der Waals surface area contributed by atoms with E-state index in [1.54, 1.807) is 7.11 Å². The van der Waals surface area contributed by atoms with Crippen molar-refractivity contribution in [1.82, 2.24) is 5.32 Å². The van der Waals surface area contributed by atoms with E-state index in [0.29, 0.717) is 13.0 Å². The summed E-state index contributed by atoms with van der Waals surface area (Å²) < 4.78 is 5.19. The third-order valence-corrected chi connectivity index (χ3v) is 2.80. The summed E-state index contributed by atoms with van der Waals surface area (Å²) in [5.74, 6) is 0.210. The van der Waals surface area contributed by atoms with Crippen LogP contribution < -0.4 is 11.1 Å². The summed E-state index contributed by atoms with van der Waals surface area (Å²) in [6.07, 6.45) is 0.570. The lowest BCUT2D eigenvalue weighted by Crippen LogP contribution is -2.32. The predicted molar refractivity (Wildman–Crippen MR) is 71.7 cm³/mol. The van der Waals surface area contributed by atoms with Crippen molar-refractivity contribution in [3.05, 3.63) is 35.9 Å². The molecule has 0 aliphatic heterocycles. The maximum Gasteiger partial charge on any atom is 0.141 e. The minimum atomic E-state index is 0.0136. The highest BCUT2D eigenvalue weighted by atomic mass is 16.5. The maximum absolute atomic E-state index is 8.66. The van der Waals surface area contributed by atoms with Crippen molar-refractivity contribution in [2.75, 3.05) is 13.7 Å². The Morgan fingerprint density at radius 1 is 1.44 bits per heavy atom. The molecule has 1 aromatic rings. The molecule has 1 aromatic carbocycles. The molecule has 0 saturated heterocycles. The molecule has 18 heavy (non-hydrogen) atoms. The molecule has 0 bridgehead atoms. The smallest absolute Gasteiger partial charge is 0.141 e. The number of nitrogens with zero attached hydrogens (tertiary/aromatic N) is 1. The first kappa shape index (κ1) is 14.5. The van der Waals surface area contributed by atoms with Crippen LogP contribution in [0.25, 0.3) is 0 Å². The lowest BCUT2D eigenvalue weighted by molar-refractivity contribution is 0.114. The first-order valence-electron chi connectivity index (χ1n) is 5.95. The third-order valence-electron chi connectivity index (χ3n) is 2.80. The van der Waals surface area contributed by atoms with Crippen LogP contribution in [0.2, 0.25) is 0 Å². The van der Waals surface area contributed by atoms with E-state index in [1.165, 1.54) is 0 Å². The van der Waals surface area contributed by atoms with E-state index in [9.17, 15) is 0 Å². The van der Waals surface area contributed by atoms with Gasteiger partial charge in [0.15, 0.2) is 0 Å². The SMILES string of the molecule is COC(C)CNC(C/C(N)=N/O)c1ccccc1. The van der Waals surface area contributed by atoms with Crippen LogP contribution in [0.4, 0.5) is 0 Å². The number of rotatable bonds is 7. The Morgan fingerprint density at radius 2 is 2.11 bits per heavy atom. The maximum atomic E-state index is 8.66. The van der Waals surface area contributed by atoms with Gasteiger partial charge in [-0.25, -0.2) is 0 Å². The molecule has 0 aliphatic carbocycles. The second-order valence-corrected chi connectivity index (χ2v) is 4.21. The van der Waals surface area contributed by atoms with Crippen molar-refractivity contribution in [3.63, 3.8) is 0 Å². The minimum Gasteiger partial charge on any atom is -0.409 e. The predicted octanol–water partition coefficient (Wildman–Crippen LogP) is 1.49. The number of hydrogen-bond donors (Lipinski definition) is 3. The molecule has 0 radical (unpaired) electrons.